The van der Waals surface area contributed by atoms with E-state index in [9.17, 15) is 19.2 Å². The highest BCUT2D eigenvalue weighted by Gasteiger charge is 2.34. The Labute approximate surface area is 203 Å². The van der Waals surface area contributed by atoms with Gasteiger partial charge in [-0.2, -0.15) is 0 Å². The van der Waals surface area contributed by atoms with Gasteiger partial charge in [0.15, 0.2) is 5.78 Å². The second-order valence-corrected chi connectivity index (χ2v) is 8.40. The molecule has 0 bridgehead atoms. The van der Waals surface area contributed by atoms with Crippen molar-refractivity contribution in [3.05, 3.63) is 0 Å². The number of nitrogens with one attached hydrogen (secondary N) is 1. The summed E-state index contributed by atoms with van der Waals surface area (Å²) in [5.41, 5.74) is 0. The molecule has 0 spiro atoms. The molecule has 2 amide bonds. The van der Waals surface area contributed by atoms with Crippen molar-refractivity contribution in [3.63, 3.8) is 0 Å². The third-order valence-corrected chi connectivity index (χ3v) is 5.71. The second-order valence-electron chi connectivity index (χ2n) is 8.40. The normalized spacial score (nSPS) is 17.7. The summed E-state index contributed by atoms with van der Waals surface area (Å²) in [5.74, 6) is -0.0129. The second kappa shape index (κ2) is 18.4. The summed E-state index contributed by atoms with van der Waals surface area (Å²) < 4.78 is 21.3. The van der Waals surface area contributed by atoms with Crippen molar-refractivity contribution >= 4 is 23.4 Å². The Morgan fingerprint density at radius 3 is 2.35 bits per heavy atom. The van der Waals surface area contributed by atoms with Crippen LogP contribution in [-0.4, -0.2) is 101 Å². The van der Waals surface area contributed by atoms with Crippen molar-refractivity contribution in [3.8, 4) is 0 Å². The first-order valence-corrected chi connectivity index (χ1v) is 12.2. The van der Waals surface area contributed by atoms with Gasteiger partial charge < -0.3 is 29.2 Å². The first-order chi connectivity index (χ1) is 16.4. The van der Waals surface area contributed by atoms with Crippen molar-refractivity contribution in [1.82, 2.24) is 10.2 Å². The van der Waals surface area contributed by atoms with Crippen LogP contribution in [0.2, 0.25) is 0 Å². The van der Waals surface area contributed by atoms with Gasteiger partial charge in [-0.15, -0.1) is 0 Å². The molecule has 0 saturated carbocycles. The molecule has 1 fully saturated rings. The van der Waals surface area contributed by atoms with E-state index >= 15 is 0 Å². The average molecular weight is 487 g/mol. The van der Waals surface area contributed by atoms with Crippen LogP contribution in [0.25, 0.3) is 0 Å². The zero-order valence-corrected chi connectivity index (χ0v) is 21.0. The number of carbonyl (C=O) groups excluding carboxylic acids is 4. The number of nitrogens with zero attached hydrogens (tertiary/aromatic N) is 1. The van der Waals surface area contributed by atoms with E-state index in [0.29, 0.717) is 71.6 Å². The number of rotatable bonds is 20. The van der Waals surface area contributed by atoms with Gasteiger partial charge in [-0.05, 0) is 19.3 Å². The van der Waals surface area contributed by atoms with Gasteiger partial charge in [-0.3, -0.25) is 19.2 Å². The van der Waals surface area contributed by atoms with Crippen molar-refractivity contribution in [2.24, 2.45) is 0 Å². The van der Waals surface area contributed by atoms with Crippen LogP contribution in [-0.2, 0) is 38.1 Å². The summed E-state index contributed by atoms with van der Waals surface area (Å²) in [7, 11) is 3.28. The Bertz CT molecular complexity index is 628. The zero-order valence-electron chi connectivity index (χ0n) is 21.0. The van der Waals surface area contributed by atoms with Crippen molar-refractivity contribution in [1.29, 1.82) is 0 Å². The van der Waals surface area contributed by atoms with Gasteiger partial charge in [0.05, 0.1) is 38.6 Å². The Kier molecular flexibility index (Phi) is 16.4. The minimum atomic E-state index is -0.164. The Balaban J connectivity index is 1.99. The molecule has 1 heterocycles. The molecular formula is C24H42N2O8. The maximum atomic E-state index is 12.5. The minimum Gasteiger partial charge on any atom is -0.383 e. The summed E-state index contributed by atoms with van der Waals surface area (Å²) in [4.78, 5) is 49.0. The monoisotopic (exact) mass is 486 g/mol. The van der Waals surface area contributed by atoms with E-state index in [1.807, 2.05) is 4.90 Å². The molecule has 1 aliphatic rings. The molecule has 10 nitrogen and oxygen atoms in total. The van der Waals surface area contributed by atoms with Gasteiger partial charge in [0.25, 0.3) is 0 Å². The average Bonchev–Trinajstić information content (AvgIpc) is 3.25. The molecule has 1 aliphatic heterocycles. The van der Waals surface area contributed by atoms with Gasteiger partial charge >= 0.3 is 0 Å². The van der Waals surface area contributed by atoms with Crippen LogP contribution in [0.15, 0.2) is 0 Å². The molecule has 196 valence electrons. The molecule has 0 aromatic rings. The first-order valence-electron chi connectivity index (χ1n) is 12.2. The highest BCUT2D eigenvalue weighted by atomic mass is 16.5. The fraction of sp³-hybridized carbons (Fsp3) is 0.833. The lowest BCUT2D eigenvalue weighted by Crippen LogP contribution is -2.38. The van der Waals surface area contributed by atoms with E-state index < -0.39 is 0 Å². The fourth-order valence-electron chi connectivity index (χ4n) is 3.70. The summed E-state index contributed by atoms with van der Waals surface area (Å²) in [6.45, 7) is 4.21. The van der Waals surface area contributed by atoms with Crippen LogP contribution in [0, 0.1) is 0 Å². The van der Waals surface area contributed by atoms with E-state index in [2.05, 4.69) is 5.32 Å². The maximum Gasteiger partial charge on any atom is 0.222 e. The first kappa shape index (κ1) is 30.2. The lowest BCUT2D eigenvalue weighted by atomic mass is 10.1. The quantitative estimate of drug-likeness (QED) is 0.256. The summed E-state index contributed by atoms with van der Waals surface area (Å²) >= 11 is 0. The van der Waals surface area contributed by atoms with E-state index in [1.54, 1.807) is 21.1 Å². The number of likely N-dealkylation sites (tertiary alicyclic amines) is 1. The number of hydrogen-bond donors (Lipinski definition) is 1. The van der Waals surface area contributed by atoms with Gasteiger partial charge in [-0.25, -0.2) is 0 Å². The topological polar surface area (TPSA) is 120 Å². The highest BCUT2D eigenvalue weighted by molar-refractivity contribution is 5.84. The lowest BCUT2D eigenvalue weighted by molar-refractivity contribution is -0.133. The van der Waals surface area contributed by atoms with Crippen molar-refractivity contribution < 1.29 is 38.1 Å². The number of Topliss-reactive ketones (excluding diaryl/α,β-unsaturated/α-hetero) is 2. The van der Waals surface area contributed by atoms with Gasteiger partial charge in [0.1, 0.15) is 12.4 Å². The highest BCUT2D eigenvalue weighted by Crippen LogP contribution is 2.22. The summed E-state index contributed by atoms with van der Waals surface area (Å²) in [6, 6.07) is 0.0486. The molecule has 1 N–H and O–H groups in total. The predicted octanol–water partition coefficient (Wildman–Crippen LogP) is 1.29. The van der Waals surface area contributed by atoms with Crippen LogP contribution < -0.4 is 5.32 Å². The SMILES string of the molecule is CCC(=O)CCC(=O)NCCOCCOCC(=O)CCCCC(=O)N1C[C@@H](OC)C[C@@H]1COC. The number of amides is 2. The number of ether oxygens (including phenoxy) is 4. The van der Waals surface area contributed by atoms with E-state index in [0.717, 1.165) is 6.42 Å². The van der Waals surface area contributed by atoms with Gasteiger partial charge in [0, 0.05) is 59.4 Å². The van der Waals surface area contributed by atoms with Crippen LogP contribution in [0.3, 0.4) is 0 Å². The van der Waals surface area contributed by atoms with Crippen LogP contribution in [0.4, 0.5) is 0 Å². The number of methoxy groups -OCH3 is 2. The minimum absolute atomic E-state index is 0.000724. The molecule has 0 radical (unpaired) electrons. The van der Waals surface area contributed by atoms with Crippen LogP contribution in [0.1, 0.15) is 58.3 Å². The zero-order chi connectivity index (χ0) is 25.2. The van der Waals surface area contributed by atoms with Gasteiger partial charge in [-0.1, -0.05) is 6.92 Å². The molecule has 1 saturated heterocycles. The smallest absolute Gasteiger partial charge is 0.222 e. The number of unbranched alkanes of at least 4 members (excludes halogenated alkanes) is 1. The van der Waals surface area contributed by atoms with Gasteiger partial charge in [0.2, 0.25) is 11.8 Å². The van der Waals surface area contributed by atoms with Crippen molar-refractivity contribution in [2.75, 3.05) is 60.3 Å². The molecule has 0 aromatic carbocycles. The van der Waals surface area contributed by atoms with Crippen molar-refractivity contribution in [2.45, 2.75) is 70.4 Å². The fourth-order valence-corrected chi connectivity index (χ4v) is 3.70. The van der Waals surface area contributed by atoms with E-state index in [4.69, 9.17) is 18.9 Å². The van der Waals surface area contributed by atoms with Crippen LogP contribution in [0.5, 0.6) is 0 Å². The summed E-state index contributed by atoms with van der Waals surface area (Å²) in [6.07, 6.45) is 3.83. The number of carbonyl (C=O) groups is 4. The standard InChI is InChI=1S/C24H42N2O8/c1-4-20(27)9-10-23(29)25-11-12-33-13-14-34-18-21(28)7-5-6-8-24(30)26-16-22(32-3)15-19(26)17-31-2/h19,22H,4-18H2,1-3H3,(H,25,29)/t19-,22+/m1/s1. The van der Waals surface area contributed by atoms with Crippen LogP contribution >= 0.6 is 0 Å². The van der Waals surface area contributed by atoms with E-state index in [1.165, 1.54) is 0 Å². The predicted molar refractivity (Wildman–Crippen MR) is 125 cm³/mol. The van der Waals surface area contributed by atoms with E-state index in [-0.39, 0.29) is 55.0 Å². The third kappa shape index (κ3) is 13.1. The molecule has 1 rings (SSSR count). The molecule has 34 heavy (non-hydrogen) atoms. The Morgan fingerprint density at radius 1 is 0.912 bits per heavy atom. The maximum absolute atomic E-state index is 12.5. The lowest BCUT2D eigenvalue weighted by Gasteiger charge is -2.23. The Morgan fingerprint density at radius 2 is 1.65 bits per heavy atom. The summed E-state index contributed by atoms with van der Waals surface area (Å²) in [5, 5.41) is 2.69. The molecular weight excluding hydrogens is 444 g/mol. The number of ketones is 2. The number of hydrogen-bond acceptors (Lipinski definition) is 8. The molecule has 10 heteroatoms. The molecule has 0 unspecified atom stereocenters. The molecule has 0 aromatic heterocycles. The Hall–Kier alpha value is -1.88. The largest absolute Gasteiger partial charge is 0.383 e. The molecule has 2 atom stereocenters. The third-order valence-electron chi connectivity index (χ3n) is 5.71. The molecule has 0 aliphatic carbocycles.